The van der Waals surface area contributed by atoms with Crippen LogP contribution in [0.4, 0.5) is 4.39 Å². The van der Waals surface area contributed by atoms with Gasteiger partial charge in [-0.1, -0.05) is 39.3 Å². The average Bonchev–Trinajstić information content (AvgIpc) is 3.13. The van der Waals surface area contributed by atoms with Crippen molar-refractivity contribution in [3.05, 3.63) is 78.0 Å². The second-order valence-corrected chi connectivity index (χ2v) is 7.76. The fraction of sp³-hybridized carbons (Fsp3) is 0.280. The number of hydrogen-bond acceptors (Lipinski definition) is 2. The van der Waals surface area contributed by atoms with Crippen LogP contribution in [0, 0.1) is 5.82 Å². The number of benzene rings is 2. The van der Waals surface area contributed by atoms with Gasteiger partial charge in [0.15, 0.2) is 0 Å². The van der Waals surface area contributed by atoms with Gasteiger partial charge in [-0.15, -0.1) is 0 Å². The van der Waals surface area contributed by atoms with E-state index in [9.17, 15) is 4.39 Å². The molecular weight excluding hydrogens is 361 g/mol. The Morgan fingerprint density at radius 1 is 1.03 bits per heavy atom. The molecular formula is C25H26FN3. The molecule has 3 nitrogen and oxygen atoms in total. The second-order valence-electron chi connectivity index (χ2n) is 7.76. The Bertz CT molecular complexity index is 1140. The van der Waals surface area contributed by atoms with Crippen LogP contribution in [0.2, 0.25) is 0 Å². The van der Waals surface area contributed by atoms with Gasteiger partial charge in [0.1, 0.15) is 11.6 Å². The topological polar surface area (TPSA) is 30.7 Å². The minimum atomic E-state index is -0.138. The summed E-state index contributed by atoms with van der Waals surface area (Å²) in [5.41, 5.74) is 5.62. The molecule has 0 aliphatic heterocycles. The SMILES string of the molecule is CCCCc1cc(-c2cc(-n3c(C(C)C)nc4ccccc43)ccn2)ccc1F. The van der Waals surface area contributed by atoms with E-state index in [1.165, 1.54) is 0 Å². The number of nitrogens with zero attached hydrogens (tertiary/aromatic N) is 3. The first-order valence-corrected chi connectivity index (χ1v) is 10.3. The van der Waals surface area contributed by atoms with Gasteiger partial charge in [0.05, 0.1) is 22.4 Å². The molecule has 0 spiro atoms. The van der Waals surface area contributed by atoms with Gasteiger partial charge in [0, 0.05) is 17.7 Å². The first kappa shape index (κ1) is 19.3. The smallest absolute Gasteiger partial charge is 0.126 e. The summed E-state index contributed by atoms with van der Waals surface area (Å²) in [7, 11) is 0. The molecule has 0 amide bonds. The summed E-state index contributed by atoms with van der Waals surface area (Å²) in [6.45, 7) is 6.42. The first-order chi connectivity index (χ1) is 14.1. The molecule has 0 unspecified atom stereocenters. The van der Waals surface area contributed by atoms with Gasteiger partial charge < -0.3 is 0 Å². The third kappa shape index (κ3) is 3.80. The Balaban J connectivity index is 1.82. The van der Waals surface area contributed by atoms with E-state index >= 15 is 0 Å². The highest BCUT2D eigenvalue weighted by Crippen LogP contribution is 2.28. The third-order valence-corrected chi connectivity index (χ3v) is 5.25. The fourth-order valence-corrected chi connectivity index (χ4v) is 3.71. The molecule has 2 aromatic heterocycles. The molecule has 0 N–H and O–H groups in total. The molecule has 0 aliphatic carbocycles. The van der Waals surface area contributed by atoms with Crippen molar-refractivity contribution in [1.82, 2.24) is 14.5 Å². The predicted octanol–water partition coefficient (Wildman–Crippen LogP) is 6.69. The van der Waals surface area contributed by atoms with Crippen molar-refractivity contribution in [2.24, 2.45) is 0 Å². The lowest BCUT2D eigenvalue weighted by Crippen LogP contribution is -2.03. The minimum absolute atomic E-state index is 0.138. The van der Waals surface area contributed by atoms with Crippen LogP contribution in [-0.2, 0) is 6.42 Å². The van der Waals surface area contributed by atoms with Gasteiger partial charge in [-0.2, -0.15) is 0 Å². The van der Waals surface area contributed by atoms with E-state index in [1.807, 2.05) is 42.6 Å². The number of halogens is 1. The number of aromatic nitrogens is 3. The van der Waals surface area contributed by atoms with E-state index < -0.39 is 0 Å². The number of rotatable bonds is 6. The lowest BCUT2D eigenvalue weighted by Gasteiger charge is -2.13. The van der Waals surface area contributed by atoms with Crippen LogP contribution in [0.1, 0.15) is 50.9 Å². The van der Waals surface area contributed by atoms with Crippen molar-refractivity contribution in [1.29, 1.82) is 0 Å². The van der Waals surface area contributed by atoms with Crippen LogP contribution in [0.15, 0.2) is 60.8 Å². The van der Waals surface area contributed by atoms with E-state index in [0.717, 1.165) is 58.6 Å². The largest absolute Gasteiger partial charge is 0.296 e. The molecule has 0 atom stereocenters. The van der Waals surface area contributed by atoms with Crippen molar-refractivity contribution in [3.8, 4) is 16.9 Å². The van der Waals surface area contributed by atoms with Gasteiger partial charge in [-0.25, -0.2) is 9.37 Å². The van der Waals surface area contributed by atoms with Crippen LogP contribution in [0.3, 0.4) is 0 Å². The Kier molecular flexibility index (Phi) is 5.43. The summed E-state index contributed by atoms with van der Waals surface area (Å²) in [5.74, 6) is 1.16. The van der Waals surface area contributed by atoms with Gasteiger partial charge in [0.2, 0.25) is 0 Å². The Morgan fingerprint density at radius 2 is 1.86 bits per heavy atom. The van der Waals surface area contributed by atoms with Crippen molar-refractivity contribution in [2.45, 2.75) is 46.0 Å². The van der Waals surface area contributed by atoms with E-state index in [-0.39, 0.29) is 11.7 Å². The normalized spacial score (nSPS) is 11.5. The molecule has 0 aliphatic rings. The maximum atomic E-state index is 14.2. The van der Waals surface area contributed by atoms with Crippen LogP contribution < -0.4 is 0 Å². The molecule has 4 rings (SSSR count). The van der Waals surface area contributed by atoms with Crippen LogP contribution in [0.25, 0.3) is 28.0 Å². The summed E-state index contributed by atoms with van der Waals surface area (Å²) < 4.78 is 16.4. The Hall–Kier alpha value is -3.01. The lowest BCUT2D eigenvalue weighted by atomic mass is 10.0. The average molecular weight is 388 g/mol. The molecule has 2 aromatic carbocycles. The highest BCUT2D eigenvalue weighted by molar-refractivity contribution is 5.79. The lowest BCUT2D eigenvalue weighted by molar-refractivity contribution is 0.603. The zero-order valence-corrected chi connectivity index (χ0v) is 17.2. The maximum absolute atomic E-state index is 14.2. The molecule has 148 valence electrons. The molecule has 2 heterocycles. The molecule has 29 heavy (non-hydrogen) atoms. The number of unbranched alkanes of at least 4 members (excludes halogenated alkanes) is 1. The van der Waals surface area contributed by atoms with E-state index in [1.54, 1.807) is 6.07 Å². The van der Waals surface area contributed by atoms with Crippen LogP contribution in [0.5, 0.6) is 0 Å². The standard InChI is InChI=1S/C25H26FN3/c1-4-5-8-18-15-19(11-12-21(18)26)23-16-20(13-14-27-23)29-24-10-7-6-9-22(24)28-25(29)17(2)3/h6-7,9-17H,4-5,8H2,1-3H3. The predicted molar refractivity (Wildman–Crippen MR) is 117 cm³/mol. The minimum Gasteiger partial charge on any atom is -0.296 e. The summed E-state index contributed by atoms with van der Waals surface area (Å²) in [5, 5.41) is 0. The van der Waals surface area contributed by atoms with Gasteiger partial charge >= 0.3 is 0 Å². The molecule has 0 radical (unpaired) electrons. The van der Waals surface area contributed by atoms with E-state index in [2.05, 4.69) is 42.5 Å². The zero-order chi connectivity index (χ0) is 20.4. The molecule has 0 bridgehead atoms. The van der Waals surface area contributed by atoms with Gasteiger partial charge in [-0.3, -0.25) is 9.55 Å². The van der Waals surface area contributed by atoms with Gasteiger partial charge in [0.25, 0.3) is 0 Å². The second kappa shape index (κ2) is 8.16. The van der Waals surface area contributed by atoms with Crippen molar-refractivity contribution >= 4 is 11.0 Å². The molecule has 0 saturated heterocycles. The van der Waals surface area contributed by atoms with Crippen LogP contribution >= 0.6 is 0 Å². The fourth-order valence-electron chi connectivity index (χ4n) is 3.71. The molecule has 4 heteroatoms. The first-order valence-electron chi connectivity index (χ1n) is 10.3. The van der Waals surface area contributed by atoms with Crippen molar-refractivity contribution in [2.75, 3.05) is 0 Å². The number of imidazole rings is 1. The third-order valence-electron chi connectivity index (χ3n) is 5.25. The number of pyridine rings is 1. The quantitative estimate of drug-likeness (QED) is 0.369. The Morgan fingerprint density at radius 3 is 2.66 bits per heavy atom. The van der Waals surface area contributed by atoms with Crippen molar-refractivity contribution in [3.63, 3.8) is 0 Å². The number of para-hydroxylation sites is 2. The van der Waals surface area contributed by atoms with E-state index in [4.69, 9.17) is 4.98 Å². The summed E-state index contributed by atoms with van der Waals surface area (Å²) in [6.07, 6.45) is 4.59. The number of fused-ring (bicyclic) bond motifs is 1. The maximum Gasteiger partial charge on any atom is 0.126 e. The molecule has 0 saturated carbocycles. The monoisotopic (exact) mass is 387 g/mol. The van der Waals surface area contributed by atoms with Crippen molar-refractivity contribution < 1.29 is 4.39 Å². The van der Waals surface area contributed by atoms with Crippen LogP contribution in [-0.4, -0.2) is 14.5 Å². The highest BCUT2D eigenvalue weighted by Gasteiger charge is 2.16. The highest BCUT2D eigenvalue weighted by atomic mass is 19.1. The number of aryl methyl sites for hydroxylation is 1. The Labute approximate surface area is 171 Å². The molecule has 0 fully saturated rings. The van der Waals surface area contributed by atoms with Gasteiger partial charge in [-0.05, 0) is 60.9 Å². The number of hydrogen-bond donors (Lipinski definition) is 0. The summed E-state index contributed by atoms with van der Waals surface area (Å²) in [4.78, 5) is 9.41. The van der Waals surface area contributed by atoms with E-state index in [0.29, 0.717) is 0 Å². The molecule has 4 aromatic rings. The summed E-state index contributed by atoms with van der Waals surface area (Å²) >= 11 is 0. The summed E-state index contributed by atoms with van der Waals surface area (Å²) in [6, 6.07) is 17.6. The zero-order valence-electron chi connectivity index (χ0n) is 17.2.